The number of barbiturate groups is 1. The monoisotopic (exact) mass is 680 g/mol. The molecule has 4 amide bonds. The van der Waals surface area contributed by atoms with Crippen LogP contribution in [0.25, 0.3) is 6.08 Å². The highest BCUT2D eigenvalue weighted by molar-refractivity contribution is 9.10. The minimum atomic E-state index is -0.864. The second kappa shape index (κ2) is 13.3. The van der Waals surface area contributed by atoms with Gasteiger partial charge >= 0.3 is 6.03 Å². The summed E-state index contributed by atoms with van der Waals surface area (Å²) in [6.07, 6.45) is 1.34. The number of carbonyl (C=O) groups excluding carboxylic acids is 3. The largest absolute Gasteiger partial charge is 0.493 e. The van der Waals surface area contributed by atoms with Crippen LogP contribution in [0, 0.1) is 0 Å². The maximum Gasteiger partial charge on any atom is 0.335 e. The average molecular weight is 682 g/mol. The predicted octanol–water partition coefficient (Wildman–Crippen LogP) is 7.59. The molecule has 11 heteroatoms. The number of halogens is 3. The summed E-state index contributed by atoms with van der Waals surface area (Å²) in [5, 5.41) is 3.03. The zero-order valence-electron chi connectivity index (χ0n) is 22.6. The number of nitrogens with zero attached hydrogens (tertiary/aromatic N) is 1. The maximum atomic E-state index is 13.4. The molecule has 0 spiro atoms. The van der Waals surface area contributed by atoms with Crippen molar-refractivity contribution < 1.29 is 28.6 Å². The van der Waals surface area contributed by atoms with Crippen LogP contribution in [0.4, 0.5) is 10.5 Å². The molecule has 5 rings (SSSR count). The Hall–Kier alpha value is -4.31. The number of anilines is 1. The van der Waals surface area contributed by atoms with Crippen LogP contribution in [0.15, 0.2) is 95.0 Å². The number of hydrogen-bond acceptors (Lipinski definition) is 6. The summed E-state index contributed by atoms with van der Waals surface area (Å²) in [5.41, 5.74) is 2.24. The highest BCUT2D eigenvalue weighted by Gasteiger charge is 2.37. The second-order valence-electron chi connectivity index (χ2n) is 9.32. The lowest BCUT2D eigenvalue weighted by Crippen LogP contribution is -2.54. The van der Waals surface area contributed by atoms with Gasteiger partial charge in [0.2, 0.25) is 0 Å². The number of nitrogens with one attached hydrogen (secondary N) is 1. The van der Waals surface area contributed by atoms with Gasteiger partial charge in [0.1, 0.15) is 24.5 Å². The Labute approximate surface area is 265 Å². The number of amides is 4. The van der Waals surface area contributed by atoms with Crippen LogP contribution in [0.3, 0.4) is 0 Å². The second-order valence-corrected chi connectivity index (χ2v) is 11.1. The van der Waals surface area contributed by atoms with Crippen molar-refractivity contribution in [1.29, 1.82) is 0 Å². The summed E-state index contributed by atoms with van der Waals surface area (Å²) >= 11 is 15.9. The molecule has 4 aromatic rings. The van der Waals surface area contributed by atoms with Gasteiger partial charge in [-0.05, 0) is 83.4 Å². The average Bonchev–Trinajstić information content (AvgIpc) is 2.99. The van der Waals surface area contributed by atoms with E-state index >= 15 is 0 Å². The van der Waals surface area contributed by atoms with Crippen molar-refractivity contribution in [3.8, 4) is 17.2 Å². The van der Waals surface area contributed by atoms with E-state index in [1.807, 2.05) is 36.4 Å². The Bertz CT molecular complexity index is 1710. The molecule has 1 N–H and O–H groups in total. The van der Waals surface area contributed by atoms with Gasteiger partial charge in [0.15, 0.2) is 11.5 Å². The molecule has 218 valence electrons. The van der Waals surface area contributed by atoms with Gasteiger partial charge in [0, 0.05) is 9.50 Å². The summed E-state index contributed by atoms with van der Waals surface area (Å²) < 4.78 is 18.1. The molecule has 0 atom stereocenters. The van der Waals surface area contributed by atoms with Crippen molar-refractivity contribution in [3.05, 3.63) is 122 Å². The summed E-state index contributed by atoms with van der Waals surface area (Å²) in [7, 11) is 1.45. The zero-order valence-corrected chi connectivity index (χ0v) is 25.7. The molecule has 43 heavy (non-hydrogen) atoms. The molecule has 0 unspecified atom stereocenters. The number of hydrogen-bond donors (Lipinski definition) is 1. The zero-order chi connectivity index (χ0) is 30.5. The minimum Gasteiger partial charge on any atom is -0.493 e. The molecule has 0 bridgehead atoms. The third kappa shape index (κ3) is 7.19. The fraction of sp³-hybridized carbons (Fsp3) is 0.0938. The van der Waals surface area contributed by atoms with Crippen LogP contribution in [0.5, 0.6) is 17.2 Å². The van der Waals surface area contributed by atoms with E-state index in [2.05, 4.69) is 21.2 Å². The molecule has 1 aliphatic heterocycles. The van der Waals surface area contributed by atoms with Crippen LogP contribution >= 0.6 is 39.1 Å². The van der Waals surface area contributed by atoms with E-state index in [4.69, 9.17) is 37.4 Å². The van der Waals surface area contributed by atoms with Crippen LogP contribution in [0.1, 0.15) is 16.7 Å². The van der Waals surface area contributed by atoms with Crippen LogP contribution in [-0.2, 0) is 22.8 Å². The van der Waals surface area contributed by atoms with Gasteiger partial charge in [-0.2, -0.15) is 0 Å². The van der Waals surface area contributed by atoms with Crippen molar-refractivity contribution in [2.75, 3.05) is 12.0 Å². The van der Waals surface area contributed by atoms with E-state index in [1.54, 1.807) is 42.5 Å². The van der Waals surface area contributed by atoms with E-state index in [0.717, 1.165) is 20.5 Å². The van der Waals surface area contributed by atoms with Gasteiger partial charge in [-0.3, -0.25) is 14.9 Å². The molecule has 1 saturated heterocycles. The van der Waals surface area contributed by atoms with Gasteiger partial charge in [-0.25, -0.2) is 9.69 Å². The number of carbonyl (C=O) groups is 3. The fourth-order valence-corrected chi connectivity index (χ4v) is 4.86. The van der Waals surface area contributed by atoms with Gasteiger partial charge in [0.25, 0.3) is 11.8 Å². The lowest BCUT2D eigenvalue weighted by molar-refractivity contribution is -0.122. The number of imide groups is 2. The van der Waals surface area contributed by atoms with Gasteiger partial charge in [-0.15, -0.1) is 0 Å². The Balaban J connectivity index is 1.33. The van der Waals surface area contributed by atoms with E-state index in [-0.39, 0.29) is 22.9 Å². The van der Waals surface area contributed by atoms with E-state index in [1.165, 1.54) is 19.3 Å². The Morgan fingerprint density at radius 2 is 1.47 bits per heavy atom. The normalized spacial score (nSPS) is 14.1. The van der Waals surface area contributed by atoms with Crippen molar-refractivity contribution >= 4 is 68.7 Å². The van der Waals surface area contributed by atoms with Crippen LogP contribution < -0.4 is 24.4 Å². The molecular formula is C32H23BrCl2N2O6. The summed E-state index contributed by atoms with van der Waals surface area (Å²) in [6.45, 7) is 0.549. The first-order chi connectivity index (χ1) is 20.7. The quantitative estimate of drug-likeness (QED) is 0.145. The third-order valence-electron chi connectivity index (χ3n) is 6.37. The molecule has 1 aliphatic rings. The summed E-state index contributed by atoms with van der Waals surface area (Å²) in [4.78, 5) is 39.7. The van der Waals surface area contributed by atoms with E-state index in [9.17, 15) is 14.4 Å². The number of ether oxygens (including phenoxy) is 3. The summed E-state index contributed by atoms with van der Waals surface area (Å²) in [5.74, 6) is -0.499. The lowest BCUT2D eigenvalue weighted by Gasteiger charge is -2.26. The first-order valence-electron chi connectivity index (χ1n) is 12.9. The fourth-order valence-electron chi connectivity index (χ4n) is 4.20. The molecule has 4 aromatic carbocycles. The smallest absolute Gasteiger partial charge is 0.335 e. The molecule has 8 nitrogen and oxygen atoms in total. The number of rotatable bonds is 9. The molecule has 0 aliphatic carbocycles. The molecule has 1 heterocycles. The Morgan fingerprint density at radius 1 is 0.837 bits per heavy atom. The minimum absolute atomic E-state index is 0.204. The van der Waals surface area contributed by atoms with Crippen LogP contribution in [0.2, 0.25) is 10.0 Å². The molecule has 0 radical (unpaired) electrons. The molecule has 0 aromatic heterocycles. The topological polar surface area (TPSA) is 94.2 Å². The van der Waals surface area contributed by atoms with Gasteiger partial charge in [-0.1, -0.05) is 63.4 Å². The Kier molecular flexibility index (Phi) is 9.35. The van der Waals surface area contributed by atoms with E-state index < -0.39 is 17.8 Å². The number of urea groups is 1. The van der Waals surface area contributed by atoms with Crippen molar-refractivity contribution in [2.45, 2.75) is 13.2 Å². The molecule has 1 fully saturated rings. The van der Waals surface area contributed by atoms with Crippen molar-refractivity contribution in [2.24, 2.45) is 0 Å². The molecule has 0 saturated carbocycles. The third-order valence-corrected chi connectivity index (χ3v) is 7.44. The van der Waals surface area contributed by atoms with Gasteiger partial charge < -0.3 is 14.2 Å². The predicted molar refractivity (Wildman–Crippen MR) is 168 cm³/mol. The van der Waals surface area contributed by atoms with Crippen molar-refractivity contribution in [1.82, 2.24) is 5.32 Å². The number of benzene rings is 4. The SMILES string of the molecule is COc1cc(/C=C2\C(=O)NC(=O)N(c3ccc(OCc4ccc(Br)cc4)cc3)C2=O)cc(Cl)c1OCc1ccc(Cl)cc1. The number of methoxy groups -OCH3 is 1. The first kappa shape index (κ1) is 30.2. The Morgan fingerprint density at radius 3 is 2.12 bits per heavy atom. The van der Waals surface area contributed by atoms with Crippen molar-refractivity contribution in [3.63, 3.8) is 0 Å². The van der Waals surface area contributed by atoms with E-state index in [0.29, 0.717) is 34.4 Å². The standard InChI is InChI=1S/C32H23BrCl2N2O6/c1-41-28-16-21(15-27(35)29(28)43-18-20-4-8-23(34)9-5-20)14-26-30(38)36-32(40)37(31(26)39)24-10-12-25(13-11-24)42-17-19-2-6-22(33)7-3-19/h2-16H,17-18H2,1H3,(H,36,38,40)/b26-14+. The maximum absolute atomic E-state index is 13.4. The molecular weight excluding hydrogens is 659 g/mol. The first-order valence-corrected chi connectivity index (χ1v) is 14.4. The highest BCUT2D eigenvalue weighted by Crippen LogP contribution is 2.38. The summed E-state index contributed by atoms with van der Waals surface area (Å²) in [6, 6.07) is 23.5. The van der Waals surface area contributed by atoms with Crippen LogP contribution in [-0.4, -0.2) is 25.0 Å². The lowest BCUT2D eigenvalue weighted by atomic mass is 10.1. The highest BCUT2D eigenvalue weighted by atomic mass is 79.9. The van der Waals surface area contributed by atoms with Gasteiger partial charge in [0.05, 0.1) is 17.8 Å².